The molecule has 1 aromatic heterocycles. The van der Waals surface area contributed by atoms with Crippen LogP contribution >= 0.6 is 11.3 Å². The highest BCUT2D eigenvalue weighted by molar-refractivity contribution is 7.18. The summed E-state index contributed by atoms with van der Waals surface area (Å²) in [5.74, 6) is 0.338. The molecule has 0 atom stereocenters. The van der Waals surface area contributed by atoms with Gasteiger partial charge in [-0.05, 0) is 42.9 Å². The second-order valence-corrected chi connectivity index (χ2v) is 9.54. The van der Waals surface area contributed by atoms with E-state index < -0.39 is 0 Å². The number of nitrogens with one attached hydrogen (secondary N) is 1. The van der Waals surface area contributed by atoms with Crippen LogP contribution in [0.2, 0.25) is 0 Å². The minimum absolute atomic E-state index is 0.0409. The van der Waals surface area contributed by atoms with Gasteiger partial charge in [0.1, 0.15) is 5.01 Å². The standard InChI is InChI=1S/C25H28N4O2S/c1-16(2)18-8-10-20(11-9-18)23-27-28-25(32-23)26-22(30)19-12-14-29(15-13-19)24(31)21-7-5-4-6-17(21)3/h4-11,16,19H,12-15H2,1-3H3,(H,26,28,30). The lowest BCUT2D eigenvalue weighted by Gasteiger charge is -2.31. The molecule has 32 heavy (non-hydrogen) atoms. The van der Waals surface area contributed by atoms with Gasteiger partial charge in [0.15, 0.2) is 0 Å². The average Bonchev–Trinajstić information content (AvgIpc) is 3.27. The Hall–Kier alpha value is -3.06. The summed E-state index contributed by atoms with van der Waals surface area (Å²) in [5, 5.41) is 12.6. The first-order valence-corrected chi connectivity index (χ1v) is 11.8. The summed E-state index contributed by atoms with van der Waals surface area (Å²) in [6.07, 6.45) is 1.29. The van der Waals surface area contributed by atoms with Crippen molar-refractivity contribution in [1.82, 2.24) is 15.1 Å². The van der Waals surface area contributed by atoms with Gasteiger partial charge < -0.3 is 10.2 Å². The fourth-order valence-corrected chi connectivity index (χ4v) is 4.69. The predicted molar refractivity (Wildman–Crippen MR) is 128 cm³/mol. The molecule has 1 aliphatic heterocycles. The summed E-state index contributed by atoms with van der Waals surface area (Å²) in [4.78, 5) is 27.4. The summed E-state index contributed by atoms with van der Waals surface area (Å²) < 4.78 is 0. The smallest absolute Gasteiger partial charge is 0.254 e. The van der Waals surface area contributed by atoms with Gasteiger partial charge >= 0.3 is 0 Å². The molecule has 2 heterocycles. The number of benzene rings is 2. The molecule has 1 N–H and O–H groups in total. The van der Waals surface area contributed by atoms with E-state index in [0.717, 1.165) is 21.7 Å². The van der Waals surface area contributed by atoms with Crippen LogP contribution in [0.1, 0.15) is 54.1 Å². The number of hydrogen-bond acceptors (Lipinski definition) is 5. The zero-order chi connectivity index (χ0) is 22.7. The van der Waals surface area contributed by atoms with Crippen molar-refractivity contribution in [1.29, 1.82) is 0 Å². The molecule has 0 aliphatic carbocycles. The maximum Gasteiger partial charge on any atom is 0.254 e. The van der Waals surface area contributed by atoms with E-state index in [-0.39, 0.29) is 17.7 Å². The number of likely N-dealkylation sites (tertiary alicyclic amines) is 1. The number of rotatable bonds is 5. The SMILES string of the molecule is Cc1ccccc1C(=O)N1CCC(C(=O)Nc2nnc(-c3ccc(C(C)C)cc3)s2)CC1. The van der Waals surface area contributed by atoms with E-state index in [0.29, 0.717) is 37.0 Å². The molecule has 166 valence electrons. The van der Waals surface area contributed by atoms with Gasteiger partial charge in [-0.2, -0.15) is 0 Å². The third-order valence-corrected chi connectivity index (χ3v) is 6.90. The number of amides is 2. The van der Waals surface area contributed by atoms with Crippen molar-refractivity contribution in [3.05, 3.63) is 65.2 Å². The van der Waals surface area contributed by atoms with E-state index in [1.165, 1.54) is 16.9 Å². The third-order valence-electron chi connectivity index (χ3n) is 6.01. The number of piperidine rings is 1. The Morgan fingerprint density at radius 3 is 2.38 bits per heavy atom. The molecule has 1 saturated heterocycles. The van der Waals surface area contributed by atoms with E-state index >= 15 is 0 Å². The Labute approximate surface area is 192 Å². The van der Waals surface area contributed by atoms with Crippen molar-refractivity contribution in [2.24, 2.45) is 5.92 Å². The van der Waals surface area contributed by atoms with Crippen molar-refractivity contribution in [3.63, 3.8) is 0 Å². The van der Waals surface area contributed by atoms with Crippen LogP contribution in [-0.2, 0) is 4.79 Å². The lowest BCUT2D eigenvalue weighted by molar-refractivity contribution is -0.121. The lowest BCUT2D eigenvalue weighted by Crippen LogP contribution is -2.41. The van der Waals surface area contributed by atoms with Crippen molar-refractivity contribution in [3.8, 4) is 10.6 Å². The molecular formula is C25H28N4O2S. The molecule has 0 saturated carbocycles. The van der Waals surface area contributed by atoms with Gasteiger partial charge in [-0.3, -0.25) is 9.59 Å². The Bertz CT molecular complexity index is 1100. The molecule has 6 nitrogen and oxygen atoms in total. The first-order valence-electron chi connectivity index (χ1n) is 11.0. The molecule has 4 rings (SSSR count). The zero-order valence-corrected chi connectivity index (χ0v) is 19.5. The Morgan fingerprint density at radius 2 is 1.72 bits per heavy atom. The fourth-order valence-electron chi connectivity index (χ4n) is 3.94. The van der Waals surface area contributed by atoms with Crippen molar-refractivity contribution >= 4 is 28.3 Å². The quantitative estimate of drug-likeness (QED) is 0.587. The van der Waals surface area contributed by atoms with Gasteiger partial charge in [0.2, 0.25) is 11.0 Å². The van der Waals surface area contributed by atoms with Gasteiger partial charge in [-0.15, -0.1) is 10.2 Å². The molecular weight excluding hydrogens is 420 g/mol. The van der Waals surface area contributed by atoms with Gasteiger partial charge in [0.25, 0.3) is 5.91 Å². The first kappa shape index (κ1) is 22.1. The van der Waals surface area contributed by atoms with Crippen LogP contribution in [0.15, 0.2) is 48.5 Å². The van der Waals surface area contributed by atoms with E-state index in [9.17, 15) is 9.59 Å². The second-order valence-electron chi connectivity index (χ2n) is 8.56. The first-order chi connectivity index (χ1) is 15.4. The van der Waals surface area contributed by atoms with Crippen molar-refractivity contribution in [2.75, 3.05) is 18.4 Å². The number of aryl methyl sites for hydroxylation is 1. The maximum absolute atomic E-state index is 12.8. The molecule has 2 amide bonds. The van der Waals surface area contributed by atoms with Crippen LogP contribution in [-0.4, -0.2) is 40.0 Å². The molecule has 0 spiro atoms. The van der Waals surface area contributed by atoms with E-state index in [4.69, 9.17) is 0 Å². The number of carbonyl (C=O) groups excluding carboxylic acids is 2. The summed E-state index contributed by atoms with van der Waals surface area (Å²) in [6, 6.07) is 15.9. The predicted octanol–water partition coefficient (Wildman–Crippen LogP) is 5.13. The largest absolute Gasteiger partial charge is 0.339 e. The van der Waals surface area contributed by atoms with Crippen LogP contribution in [0.3, 0.4) is 0 Å². The highest BCUT2D eigenvalue weighted by Gasteiger charge is 2.28. The summed E-state index contributed by atoms with van der Waals surface area (Å²) in [6.45, 7) is 7.43. The topological polar surface area (TPSA) is 75.2 Å². The highest BCUT2D eigenvalue weighted by Crippen LogP contribution is 2.29. The van der Waals surface area contributed by atoms with Crippen LogP contribution < -0.4 is 5.32 Å². The Morgan fingerprint density at radius 1 is 1.03 bits per heavy atom. The van der Waals surface area contributed by atoms with E-state index in [1.54, 1.807) is 0 Å². The van der Waals surface area contributed by atoms with Crippen LogP contribution in [0, 0.1) is 12.8 Å². The molecule has 2 aromatic carbocycles. The van der Waals surface area contributed by atoms with Crippen molar-refractivity contribution < 1.29 is 9.59 Å². The van der Waals surface area contributed by atoms with E-state index in [2.05, 4.69) is 41.5 Å². The van der Waals surface area contributed by atoms with Crippen LogP contribution in [0.5, 0.6) is 0 Å². The monoisotopic (exact) mass is 448 g/mol. The van der Waals surface area contributed by atoms with E-state index in [1.807, 2.05) is 48.2 Å². The third kappa shape index (κ3) is 4.88. The minimum Gasteiger partial charge on any atom is -0.339 e. The van der Waals surface area contributed by atoms with Gasteiger partial charge in [-0.1, -0.05) is 67.6 Å². The number of nitrogens with zero attached hydrogens (tertiary/aromatic N) is 3. The molecule has 7 heteroatoms. The van der Waals surface area contributed by atoms with Crippen LogP contribution in [0.25, 0.3) is 10.6 Å². The minimum atomic E-state index is -0.131. The molecule has 0 unspecified atom stereocenters. The normalized spacial score (nSPS) is 14.6. The van der Waals surface area contributed by atoms with Crippen LogP contribution in [0.4, 0.5) is 5.13 Å². The number of aromatic nitrogens is 2. The maximum atomic E-state index is 12.8. The molecule has 1 aliphatic rings. The average molecular weight is 449 g/mol. The second kappa shape index (κ2) is 9.61. The van der Waals surface area contributed by atoms with Crippen molar-refractivity contribution in [2.45, 2.75) is 39.5 Å². The molecule has 0 radical (unpaired) electrons. The molecule has 3 aromatic rings. The highest BCUT2D eigenvalue weighted by atomic mass is 32.1. The summed E-state index contributed by atoms with van der Waals surface area (Å²) >= 11 is 1.38. The Balaban J connectivity index is 1.33. The number of anilines is 1. The van der Waals surface area contributed by atoms with Gasteiger partial charge in [0.05, 0.1) is 0 Å². The Kier molecular flexibility index (Phi) is 6.65. The number of hydrogen-bond donors (Lipinski definition) is 1. The lowest BCUT2D eigenvalue weighted by atomic mass is 9.95. The summed E-state index contributed by atoms with van der Waals surface area (Å²) in [7, 11) is 0. The van der Waals surface area contributed by atoms with Gasteiger partial charge in [0, 0.05) is 30.1 Å². The molecule has 1 fully saturated rings. The zero-order valence-electron chi connectivity index (χ0n) is 18.7. The number of carbonyl (C=O) groups is 2. The summed E-state index contributed by atoms with van der Waals surface area (Å²) in [5.41, 5.74) is 3.98. The molecule has 0 bridgehead atoms. The van der Waals surface area contributed by atoms with Gasteiger partial charge in [-0.25, -0.2) is 0 Å². The fraction of sp³-hybridized carbons (Fsp3) is 0.360.